The molecule has 1 aliphatic heterocycles. The quantitative estimate of drug-likeness (QED) is 0.908. The summed E-state index contributed by atoms with van der Waals surface area (Å²) in [6, 6.07) is 6.41. The molecule has 0 bridgehead atoms. The molecule has 2 rings (SSSR count). The second-order valence-electron chi connectivity index (χ2n) is 4.05. The van der Waals surface area contributed by atoms with E-state index in [1.807, 2.05) is 0 Å². The Balaban J connectivity index is 2.22. The van der Waals surface area contributed by atoms with E-state index in [2.05, 4.69) is 27.3 Å². The molecule has 1 unspecified atom stereocenters. The molecule has 1 aliphatic rings. The van der Waals surface area contributed by atoms with Crippen molar-refractivity contribution in [3.05, 3.63) is 34.1 Å². The van der Waals surface area contributed by atoms with Crippen LogP contribution in [0.3, 0.4) is 0 Å². The average Bonchev–Trinajstić information content (AvgIpc) is 2.81. The number of hydrogen-bond donors (Lipinski definition) is 1. The molecule has 94 valence electrons. The molecule has 0 spiro atoms. The monoisotopic (exact) mass is 328 g/mol. The number of carbonyl (C=O) groups is 1. The van der Waals surface area contributed by atoms with Crippen LogP contribution < -0.4 is 5.32 Å². The van der Waals surface area contributed by atoms with Gasteiger partial charge < -0.3 is 5.32 Å². The second kappa shape index (κ2) is 5.29. The lowest BCUT2D eigenvalue weighted by atomic mass is 10.0. The maximum Gasteiger partial charge on any atom is 0.253 e. The molecule has 1 fully saturated rings. The number of amides is 1. The Morgan fingerprint density at radius 1 is 1.61 bits per heavy atom. The molecule has 0 radical (unpaired) electrons. The summed E-state index contributed by atoms with van der Waals surface area (Å²) in [7, 11) is 0. The van der Waals surface area contributed by atoms with Gasteiger partial charge in [-0.3, -0.25) is 4.79 Å². The molecule has 1 aromatic rings. The van der Waals surface area contributed by atoms with Gasteiger partial charge in [0.1, 0.15) is 11.4 Å². The lowest BCUT2D eigenvalue weighted by molar-refractivity contribution is 0.0925. The number of nitrogens with zero attached hydrogens (tertiary/aromatic N) is 1. The van der Waals surface area contributed by atoms with E-state index in [0.717, 1.165) is 5.75 Å². The molecule has 3 nitrogen and oxygen atoms in total. The normalized spacial score (nSPS) is 22.5. The zero-order chi connectivity index (χ0) is 13.2. The average molecular weight is 329 g/mol. The van der Waals surface area contributed by atoms with Crippen LogP contribution in [0.5, 0.6) is 0 Å². The van der Waals surface area contributed by atoms with E-state index >= 15 is 0 Å². The molecule has 0 aliphatic carbocycles. The Morgan fingerprint density at radius 3 is 3.00 bits per heavy atom. The van der Waals surface area contributed by atoms with Gasteiger partial charge in [-0.1, -0.05) is 6.07 Å². The molecule has 0 aromatic heterocycles. The van der Waals surface area contributed by atoms with Crippen molar-refractivity contribution in [2.24, 2.45) is 0 Å². The summed E-state index contributed by atoms with van der Waals surface area (Å²) in [4.78, 5) is 12.1. The summed E-state index contributed by atoms with van der Waals surface area (Å²) in [5, 5.41) is 11.9. The molecule has 1 aromatic carbocycles. The zero-order valence-corrected chi connectivity index (χ0v) is 11.8. The van der Waals surface area contributed by atoms with Crippen molar-refractivity contribution in [3.63, 3.8) is 0 Å². The molecule has 1 N–H and O–H groups in total. The van der Waals surface area contributed by atoms with E-state index in [-0.39, 0.29) is 10.0 Å². The van der Waals surface area contributed by atoms with Gasteiger partial charge in [-0.2, -0.15) is 17.0 Å². The molecule has 1 atom stereocenters. The topological polar surface area (TPSA) is 52.9 Å². The Morgan fingerprint density at radius 2 is 2.39 bits per heavy atom. The number of thioether (sulfide) groups is 1. The molecular weight excluding hydrogens is 319 g/mol. The van der Waals surface area contributed by atoms with Crippen molar-refractivity contribution >= 4 is 33.6 Å². The first kappa shape index (κ1) is 13.4. The first-order valence-corrected chi connectivity index (χ1v) is 7.28. The van der Waals surface area contributed by atoms with E-state index in [4.69, 9.17) is 0 Å². The van der Waals surface area contributed by atoms with Gasteiger partial charge in [-0.05, 0) is 40.2 Å². The highest BCUT2D eigenvalue weighted by Crippen LogP contribution is 2.28. The number of rotatable bonds is 2. The van der Waals surface area contributed by atoms with Gasteiger partial charge >= 0.3 is 0 Å². The molecule has 6 heteroatoms. The van der Waals surface area contributed by atoms with Crippen molar-refractivity contribution in [2.45, 2.75) is 12.0 Å². The zero-order valence-electron chi connectivity index (χ0n) is 9.37. The minimum absolute atomic E-state index is 0.126. The Hall–Kier alpha value is -1.06. The third kappa shape index (κ3) is 2.52. The van der Waals surface area contributed by atoms with E-state index in [9.17, 15) is 14.4 Å². The van der Waals surface area contributed by atoms with E-state index < -0.39 is 17.3 Å². The van der Waals surface area contributed by atoms with Crippen LogP contribution in [0.2, 0.25) is 0 Å². The van der Waals surface area contributed by atoms with Crippen LogP contribution in [0, 0.1) is 17.1 Å². The summed E-state index contributed by atoms with van der Waals surface area (Å²) >= 11 is 4.67. The van der Waals surface area contributed by atoms with Crippen molar-refractivity contribution in [1.29, 1.82) is 5.26 Å². The number of carbonyl (C=O) groups excluding carboxylic acids is 1. The minimum Gasteiger partial charge on any atom is -0.333 e. The number of nitriles is 1. The van der Waals surface area contributed by atoms with Crippen molar-refractivity contribution in [1.82, 2.24) is 5.32 Å². The van der Waals surface area contributed by atoms with Gasteiger partial charge in [0.05, 0.1) is 16.1 Å². The first-order valence-electron chi connectivity index (χ1n) is 5.33. The number of nitrogens with one attached hydrogen (secondary N) is 1. The van der Waals surface area contributed by atoms with Crippen molar-refractivity contribution in [2.75, 3.05) is 11.5 Å². The van der Waals surface area contributed by atoms with Gasteiger partial charge in [0.25, 0.3) is 5.91 Å². The number of benzene rings is 1. The highest BCUT2D eigenvalue weighted by atomic mass is 79.9. The summed E-state index contributed by atoms with van der Waals surface area (Å²) < 4.78 is 13.5. The van der Waals surface area contributed by atoms with Crippen LogP contribution in [0.4, 0.5) is 4.39 Å². The second-order valence-corrected chi connectivity index (χ2v) is 5.95. The highest BCUT2D eigenvalue weighted by molar-refractivity contribution is 9.10. The Labute approximate surface area is 117 Å². The SMILES string of the molecule is N#CC1(NC(=O)c2cccc(F)c2Br)CCSC1. The minimum atomic E-state index is -0.826. The molecule has 1 saturated heterocycles. The summed E-state index contributed by atoms with van der Waals surface area (Å²) in [5.74, 6) is 0.500. The molecule has 1 amide bonds. The molecule has 0 saturated carbocycles. The summed E-state index contributed by atoms with van der Waals surface area (Å²) in [6.45, 7) is 0. The highest BCUT2D eigenvalue weighted by Gasteiger charge is 2.36. The standard InChI is InChI=1S/C12H10BrFN2OS/c13-10-8(2-1-3-9(10)14)11(17)16-12(6-15)4-5-18-7-12/h1-3H,4-5,7H2,(H,16,17). The van der Waals surface area contributed by atoms with E-state index in [1.165, 1.54) is 18.2 Å². The van der Waals surface area contributed by atoms with Gasteiger partial charge in [0.15, 0.2) is 0 Å². The third-order valence-electron chi connectivity index (χ3n) is 2.78. The van der Waals surface area contributed by atoms with Crippen LogP contribution in [0.1, 0.15) is 16.8 Å². The van der Waals surface area contributed by atoms with Gasteiger partial charge in [-0.25, -0.2) is 4.39 Å². The maximum absolute atomic E-state index is 13.3. The number of hydrogen-bond acceptors (Lipinski definition) is 3. The Bertz CT molecular complexity index is 523. The fraction of sp³-hybridized carbons (Fsp3) is 0.333. The van der Waals surface area contributed by atoms with Gasteiger partial charge in [-0.15, -0.1) is 0 Å². The predicted octanol–water partition coefficient (Wildman–Crippen LogP) is 2.72. The molecule has 1 heterocycles. The summed E-state index contributed by atoms with van der Waals surface area (Å²) in [6.07, 6.45) is 0.618. The molecular formula is C12H10BrFN2OS. The fourth-order valence-electron chi connectivity index (χ4n) is 1.74. The summed E-state index contributed by atoms with van der Waals surface area (Å²) in [5.41, 5.74) is -0.616. The smallest absolute Gasteiger partial charge is 0.253 e. The predicted molar refractivity (Wildman–Crippen MR) is 71.9 cm³/mol. The van der Waals surface area contributed by atoms with Crippen LogP contribution in [0.25, 0.3) is 0 Å². The largest absolute Gasteiger partial charge is 0.333 e. The fourth-order valence-corrected chi connectivity index (χ4v) is 3.45. The van der Waals surface area contributed by atoms with Crippen molar-refractivity contribution < 1.29 is 9.18 Å². The van der Waals surface area contributed by atoms with Crippen LogP contribution in [0.15, 0.2) is 22.7 Å². The van der Waals surface area contributed by atoms with E-state index in [0.29, 0.717) is 12.2 Å². The van der Waals surface area contributed by atoms with Crippen LogP contribution >= 0.6 is 27.7 Å². The Kier molecular flexibility index (Phi) is 3.93. The first-order chi connectivity index (χ1) is 8.58. The molecule has 18 heavy (non-hydrogen) atoms. The van der Waals surface area contributed by atoms with Crippen LogP contribution in [-0.4, -0.2) is 23.0 Å². The lowest BCUT2D eigenvalue weighted by Crippen LogP contribution is -2.47. The van der Waals surface area contributed by atoms with Crippen molar-refractivity contribution in [3.8, 4) is 6.07 Å². The maximum atomic E-state index is 13.3. The third-order valence-corrected chi connectivity index (χ3v) is 4.78. The van der Waals surface area contributed by atoms with Gasteiger partial charge in [0, 0.05) is 5.75 Å². The lowest BCUT2D eigenvalue weighted by Gasteiger charge is -2.21. The number of halogens is 2. The van der Waals surface area contributed by atoms with Gasteiger partial charge in [0.2, 0.25) is 0 Å². The van der Waals surface area contributed by atoms with Crippen LogP contribution in [-0.2, 0) is 0 Å². The van der Waals surface area contributed by atoms with E-state index in [1.54, 1.807) is 11.8 Å².